The fourth-order valence-electron chi connectivity index (χ4n) is 2.03. The maximum atomic E-state index is 11.1. The average Bonchev–Trinajstić information content (AvgIpc) is 2.46. The molecule has 1 N–H and O–H groups in total. The van der Waals surface area contributed by atoms with Crippen LogP contribution in [0.4, 0.5) is 5.82 Å². The Kier molecular flexibility index (Phi) is 6.59. The predicted octanol–water partition coefficient (Wildman–Crippen LogP) is 1.02. The molecule has 0 saturated carbocycles. The number of hydrogen-bond acceptors (Lipinski definition) is 5. The van der Waals surface area contributed by atoms with Gasteiger partial charge in [-0.3, -0.25) is 4.79 Å². The second-order valence-corrected chi connectivity index (χ2v) is 4.34. The Morgan fingerprint density at radius 1 is 1.47 bits per heavy atom. The van der Waals surface area contributed by atoms with Gasteiger partial charge in [-0.15, -0.1) is 12.4 Å². The number of piperazine rings is 1. The number of halogens is 1. The number of carbonyl (C=O) groups excluding carboxylic acids is 1. The van der Waals surface area contributed by atoms with Crippen molar-refractivity contribution in [3.05, 3.63) is 23.9 Å². The monoisotopic (exact) mass is 285 g/mol. The van der Waals surface area contributed by atoms with Crippen LogP contribution in [0.1, 0.15) is 12.0 Å². The third kappa shape index (κ3) is 4.69. The Hall–Kier alpha value is -1.33. The molecule has 5 nitrogen and oxygen atoms in total. The number of hydrogen-bond donors (Lipinski definition) is 1. The number of pyridine rings is 1. The average molecular weight is 286 g/mol. The lowest BCUT2D eigenvalue weighted by atomic mass is 10.1. The first-order valence-corrected chi connectivity index (χ1v) is 6.27. The molecule has 1 saturated heterocycles. The molecule has 1 fully saturated rings. The Labute approximate surface area is 119 Å². The van der Waals surface area contributed by atoms with E-state index in [0.717, 1.165) is 37.6 Å². The first-order valence-electron chi connectivity index (χ1n) is 6.27. The van der Waals surface area contributed by atoms with Gasteiger partial charge >= 0.3 is 5.97 Å². The molecule has 106 valence electrons. The summed E-state index contributed by atoms with van der Waals surface area (Å²) in [5.74, 6) is 0.828. The second-order valence-electron chi connectivity index (χ2n) is 4.34. The normalized spacial score (nSPS) is 14.7. The van der Waals surface area contributed by atoms with Gasteiger partial charge in [-0.05, 0) is 24.1 Å². The molecule has 0 bridgehead atoms. The minimum Gasteiger partial charge on any atom is -0.469 e. The third-order valence-electron chi connectivity index (χ3n) is 3.10. The number of nitrogens with one attached hydrogen (secondary N) is 1. The van der Waals surface area contributed by atoms with E-state index in [1.165, 1.54) is 7.11 Å². The zero-order valence-corrected chi connectivity index (χ0v) is 11.9. The summed E-state index contributed by atoms with van der Waals surface area (Å²) >= 11 is 0. The Morgan fingerprint density at radius 3 is 2.89 bits per heavy atom. The van der Waals surface area contributed by atoms with E-state index < -0.39 is 0 Å². The SMILES string of the molecule is COC(=O)CCc1ccnc(N2CCNCC2)c1.Cl. The van der Waals surface area contributed by atoms with Gasteiger partial charge in [0.05, 0.1) is 7.11 Å². The molecular formula is C13H20ClN3O2. The lowest BCUT2D eigenvalue weighted by Crippen LogP contribution is -2.43. The van der Waals surface area contributed by atoms with Gasteiger partial charge in [0.25, 0.3) is 0 Å². The van der Waals surface area contributed by atoms with E-state index in [9.17, 15) is 4.79 Å². The molecule has 0 aliphatic carbocycles. The number of esters is 1. The van der Waals surface area contributed by atoms with Gasteiger partial charge in [-0.2, -0.15) is 0 Å². The standard InChI is InChI=1S/C13H19N3O2.ClH/c1-18-13(17)3-2-11-4-5-15-12(10-11)16-8-6-14-7-9-16;/h4-5,10,14H,2-3,6-9H2,1H3;1H. The molecule has 0 unspecified atom stereocenters. The highest BCUT2D eigenvalue weighted by molar-refractivity contribution is 5.85. The minimum absolute atomic E-state index is 0. The smallest absolute Gasteiger partial charge is 0.305 e. The van der Waals surface area contributed by atoms with E-state index in [2.05, 4.69) is 26.0 Å². The molecule has 19 heavy (non-hydrogen) atoms. The number of carbonyl (C=O) groups is 1. The zero-order valence-electron chi connectivity index (χ0n) is 11.1. The van der Waals surface area contributed by atoms with Crippen LogP contribution in [0.2, 0.25) is 0 Å². The van der Waals surface area contributed by atoms with E-state index >= 15 is 0 Å². The lowest BCUT2D eigenvalue weighted by molar-refractivity contribution is -0.140. The van der Waals surface area contributed by atoms with Crippen LogP contribution >= 0.6 is 12.4 Å². The second kappa shape index (κ2) is 7.96. The highest BCUT2D eigenvalue weighted by Gasteiger charge is 2.12. The zero-order chi connectivity index (χ0) is 12.8. The summed E-state index contributed by atoms with van der Waals surface area (Å²) in [6, 6.07) is 4.02. The first kappa shape index (κ1) is 15.7. The quantitative estimate of drug-likeness (QED) is 0.837. The van der Waals surface area contributed by atoms with Crippen molar-refractivity contribution in [3.63, 3.8) is 0 Å². The number of anilines is 1. The van der Waals surface area contributed by atoms with Gasteiger partial charge in [0, 0.05) is 38.8 Å². The number of nitrogens with zero attached hydrogens (tertiary/aromatic N) is 2. The van der Waals surface area contributed by atoms with Crippen LogP contribution in [0.15, 0.2) is 18.3 Å². The summed E-state index contributed by atoms with van der Waals surface area (Å²) in [4.78, 5) is 17.8. The number of methoxy groups -OCH3 is 1. The third-order valence-corrected chi connectivity index (χ3v) is 3.10. The van der Waals surface area contributed by atoms with Gasteiger partial charge in [0.15, 0.2) is 0 Å². The first-order chi connectivity index (χ1) is 8.79. The van der Waals surface area contributed by atoms with Gasteiger partial charge in [-0.25, -0.2) is 4.98 Å². The highest BCUT2D eigenvalue weighted by Crippen LogP contribution is 2.14. The van der Waals surface area contributed by atoms with Crippen LogP contribution in [-0.2, 0) is 16.0 Å². The molecule has 0 atom stereocenters. The summed E-state index contributed by atoms with van der Waals surface area (Å²) in [6.07, 6.45) is 2.93. The van der Waals surface area contributed by atoms with E-state index in [1.54, 1.807) is 0 Å². The van der Waals surface area contributed by atoms with Crippen LogP contribution in [-0.4, -0.2) is 44.2 Å². The van der Waals surface area contributed by atoms with Crippen molar-refractivity contribution in [1.82, 2.24) is 10.3 Å². The molecule has 0 amide bonds. The molecule has 0 radical (unpaired) electrons. The van der Waals surface area contributed by atoms with Crippen molar-refractivity contribution in [1.29, 1.82) is 0 Å². The molecular weight excluding hydrogens is 266 g/mol. The summed E-state index contributed by atoms with van der Waals surface area (Å²) in [7, 11) is 1.42. The largest absolute Gasteiger partial charge is 0.469 e. The predicted molar refractivity (Wildman–Crippen MR) is 76.9 cm³/mol. The topological polar surface area (TPSA) is 54.5 Å². The van der Waals surface area contributed by atoms with E-state index in [1.807, 2.05) is 12.3 Å². The summed E-state index contributed by atoms with van der Waals surface area (Å²) in [5.41, 5.74) is 1.13. The Morgan fingerprint density at radius 2 is 2.21 bits per heavy atom. The Balaban J connectivity index is 0.00000180. The summed E-state index contributed by atoms with van der Waals surface area (Å²) in [6.45, 7) is 3.95. The van der Waals surface area contributed by atoms with E-state index in [-0.39, 0.29) is 18.4 Å². The molecule has 1 aromatic heterocycles. The highest BCUT2D eigenvalue weighted by atomic mass is 35.5. The van der Waals surface area contributed by atoms with Crippen LogP contribution in [0.25, 0.3) is 0 Å². The van der Waals surface area contributed by atoms with Crippen molar-refractivity contribution in [2.45, 2.75) is 12.8 Å². The molecule has 0 aromatic carbocycles. The number of rotatable bonds is 4. The van der Waals surface area contributed by atoms with Crippen LogP contribution in [0.5, 0.6) is 0 Å². The van der Waals surface area contributed by atoms with Crippen LogP contribution < -0.4 is 10.2 Å². The fraction of sp³-hybridized carbons (Fsp3) is 0.538. The van der Waals surface area contributed by atoms with Crippen molar-refractivity contribution in [3.8, 4) is 0 Å². The molecule has 2 heterocycles. The van der Waals surface area contributed by atoms with Gasteiger partial charge < -0.3 is 15.0 Å². The maximum absolute atomic E-state index is 11.1. The van der Waals surface area contributed by atoms with Gasteiger partial charge in [-0.1, -0.05) is 0 Å². The lowest BCUT2D eigenvalue weighted by Gasteiger charge is -2.28. The maximum Gasteiger partial charge on any atom is 0.305 e. The molecule has 1 aliphatic heterocycles. The minimum atomic E-state index is -0.171. The van der Waals surface area contributed by atoms with Gasteiger partial charge in [0.1, 0.15) is 5.82 Å². The van der Waals surface area contributed by atoms with Crippen molar-refractivity contribution in [2.75, 3.05) is 38.2 Å². The number of aromatic nitrogens is 1. The van der Waals surface area contributed by atoms with E-state index in [0.29, 0.717) is 12.8 Å². The van der Waals surface area contributed by atoms with E-state index in [4.69, 9.17) is 0 Å². The van der Waals surface area contributed by atoms with Crippen molar-refractivity contribution >= 4 is 24.2 Å². The van der Waals surface area contributed by atoms with Crippen molar-refractivity contribution in [2.24, 2.45) is 0 Å². The Bertz CT molecular complexity index is 409. The van der Waals surface area contributed by atoms with Crippen molar-refractivity contribution < 1.29 is 9.53 Å². The molecule has 1 aliphatic rings. The van der Waals surface area contributed by atoms with Crippen LogP contribution in [0, 0.1) is 0 Å². The molecule has 6 heteroatoms. The summed E-state index contributed by atoms with van der Waals surface area (Å²) < 4.78 is 4.65. The van der Waals surface area contributed by atoms with Gasteiger partial charge in [0.2, 0.25) is 0 Å². The number of aryl methyl sites for hydroxylation is 1. The fourth-order valence-corrected chi connectivity index (χ4v) is 2.03. The van der Waals surface area contributed by atoms with Crippen LogP contribution in [0.3, 0.4) is 0 Å². The molecule has 1 aromatic rings. The molecule has 0 spiro atoms. The summed E-state index contributed by atoms with van der Waals surface area (Å²) in [5, 5.41) is 3.32. The number of ether oxygens (including phenoxy) is 1. The molecule has 2 rings (SSSR count).